The van der Waals surface area contributed by atoms with Crippen LogP contribution in [0.15, 0.2) is 29.4 Å². The molecule has 0 radical (unpaired) electrons. The smallest absolute Gasteiger partial charge is 0.223 e. The molecule has 2 aromatic rings. The summed E-state index contributed by atoms with van der Waals surface area (Å²) in [5.41, 5.74) is 0.829. The third-order valence-electron chi connectivity index (χ3n) is 3.98. The maximum Gasteiger partial charge on any atom is 0.223 e. The summed E-state index contributed by atoms with van der Waals surface area (Å²) in [6.45, 7) is 2.79. The summed E-state index contributed by atoms with van der Waals surface area (Å²) in [5.74, 6) is 1.09. The summed E-state index contributed by atoms with van der Waals surface area (Å²) in [6, 6.07) is 7.30. The number of thioether (sulfide) groups is 1. The number of hydrogen-bond donors (Lipinski definition) is 1. The summed E-state index contributed by atoms with van der Waals surface area (Å²) >= 11 is 1.48. The first kappa shape index (κ1) is 16.6. The van der Waals surface area contributed by atoms with Gasteiger partial charge in [-0.1, -0.05) is 23.9 Å². The van der Waals surface area contributed by atoms with E-state index >= 15 is 0 Å². The number of hydrogen-bond acceptors (Lipinski definition) is 7. The van der Waals surface area contributed by atoms with E-state index < -0.39 is 0 Å². The standard InChI is InChI=1S/C15H20N6O2S/c1-19-15(16-17-18-19)24-11-6-14(23)21-9-7-20(8-10-21)12-4-2-3-5-13(12)22/h2-5,22H,6-11H2,1H3. The molecule has 24 heavy (non-hydrogen) atoms. The summed E-state index contributed by atoms with van der Waals surface area (Å²) in [5, 5.41) is 21.9. The molecule has 1 saturated heterocycles. The van der Waals surface area contributed by atoms with E-state index in [9.17, 15) is 9.90 Å². The second-order valence-electron chi connectivity index (χ2n) is 5.54. The number of piperazine rings is 1. The number of tetrazole rings is 1. The Balaban J connectivity index is 1.45. The summed E-state index contributed by atoms with van der Waals surface area (Å²) < 4.78 is 1.60. The number of rotatable bonds is 5. The van der Waals surface area contributed by atoms with Gasteiger partial charge < -0.3 is 14.9 Å². The number of nitrogens with zero attached hydrogens (tertiary/aromatic N) is 6. The van der Waals surface area contributed by atoms with Crippen LogP contribution < -0.4 is 4.90 Å². The Hall–Kier alpha value is -2.29. The maximum absolute atomic E-state index is 12.3. The van der Waals surface area contributed by atoms with Gasteiger partial charge in [0.1, 0.15) is 5.75 Å². The molecular weight excluding hydrogens is 328 g/mol. The van der Waals surface area contributed by atoms with Gasteiger partial charge >= 0.3 is 0 Å². The van der Waals surface area contributed by atoms with Crippen LogP contribution in [0.2, 0.25) is 0 Å². The first-order chi connectivity index (χ1) is 11.6. The molecule has 128 valence electrons. The highest BCUT2D eigenvalue weighted by Gasteiger charge is 2.22. The largest absolute Gasteiger partial charge is 0.506 e. The highest BCUT2D eigenvalue weighted by Crippen LogP contribution is 2.27. The number of para-hydroxylation sites is 2. The van der Waals surface area contributed by atoms with Gasteiger partial charge in [0.15, 0.2) is 0 Å². The van der Waals surface area contributed by atoms with Crippen molar-refractivity contribution in [2.24, 2.45) is 7.05 Å². The second-order valence-corrected chi connectivity index (χ2v) is 6.60. The van der Waals surface area contributed by atoms with E-state index in [4.69, 9.17) is 0 Å². The van der Waals surface area contributed by atoms with Crippen LogP contribution in [-0.2, 0) is 11.8 Å². The Morgan fingerprint density at radius 3 is 2.67 bits per heavy atom. The summed E-state index contributed by atoms with van der Waals surface area (Å²) in [4.78, 5) is 16.3. The maximum atomic E-state index is 12.3. The van der Waals surface area contributed by atoms with E-state index in [1.165, 1.54) is 11.8 Å². The molecule has 1 aliphatic heterocycles. The molecule has 1 fully saturated rings. The lowest BCUT2D eigenvalue weighted by Gasteiger charge is -2.36. The lowest BCUT2D eigenvalue weighted by atomic mass is 10.2. The molecule has 1 aromatic carbocycles. The normalized spacial score (nSPS) is 14.9. The first-order valence-corrected chi connectivity index (χ1v) is 8.79. The molecular formula is C15H20N6O2S. The minimum absolute atomic E-state index is 0.148. The molecule has 0 saturated carbocycles. The van der Waals surface area contributed by atoms with Gasteiger partial charge in [-0.15, -0.1) is 5.10 Å². The van der Waals surface area contributed by atoms with Crippen LogP contribution in [-0.4, -0.2) is 68.1 Å². The van der Waals surface area contributed by atoms with Gasteiger partial charge in [-0.25, -0.2) is 4.68 Å². The van der Waals surface area contributed by atoms with Gasteiger partial charge in [0.05, 0.1) is 5.69 Å². The highest BCUT2D eigenvalue weighted by atomic mass is 32.2. The number of aromatic hydroxyl groups is 1. The number of benzene rings is 1. The van der Waals surface area contributed by atoms with Crippen molar-refractivity contribution in [3.8, 4) is 5.75 Å². The number of carbonyl (C=O) groups excluding carboxylic acids is 1. The molecule has 0 bridgehead atoms. The van der Waals surface area contributed by atoms with E-state index in [-0.39, 0.29) is 11.7 Å². The molecule has 1 aromatic heterocycles. The number of carbonyl (C=O) groups is 1. The Morgan fingerprint density at radius 2 is 2.00 bits per heavy atom. The van der Waals surface area contributed by atoms with Gasteiger partial charge in [0.2, 0.25) is 11.1 Å². The molecule has 0 spiro atoms. The van der Waals surface area contributed by atoms with Crippen molar-refractivity contribution in [1.82, 2.24) is 25.1 Å². The fourth-order valence-electron chi connectivity index (χ4n) is 2.66. The van der Waals surface area contributed by atoms with Crippen LogP contribution in [0.4, 0.5) is 5.69 Å². The fraction of sp³-hybridized carbons (Fsp3) is 0.467. The van der Waals surface area contributed by atoms with Gasteiger partial charge in [-0.3, -0.25) is 4.79 Å². The predicted octanol–water partition coefficient (Wildman–Crippen LogP) is 0.747. The fourth-order valence-corrected chi connectivity index (χ4v) is 3.44. The molecule has 1 N–H and O–H groups in total. The van der Waals surface area contributed by atoms with Gasteiger partial charge in [0.25, 0.3) is 0 Å². The van der Waals surface area contributed by atoms with Crippen LogP contribution in [0.25, 0.3) is 0 Å². The number of phenols is 1. The van der Waals surface area contributed by atoms with Crippen molar-refractivity contribution >= 4 is 23.4 Å². The first-order valence-electron chi connectivity index (χ1n) is 7.81. The molecule has 0 atom stereocenters. The zero-order valence-electron chi connectivity index (χ0n) is 13.5. The van der Waals surface area contributed by atoms with Gasteiger partial charge in [0, 0.05) is 45.4 Å². The molecule has 9 heteroatoms. The van der Waals surface area contributed by atoms with Crippen LogP contribution in [0.1, 0.15) is 6.42 Å². The number of aromatic nitrogens is 4. The molecule has 3 rings (SSSR count). The zero-order valence-corrected chi connectivity index (χ0v) is 14.3. The third-order valence-corrected chi connectivity index (χ3v) is 5.00. The van der Waals surface area contributed by atoms with Crippen molar-refractivity contribution in [2.45, 2.75) is 11.6 Å². The van der Waals surface area contributed by atoms with Crippen LogP contribution in [0.5, 0.6) is 5.75 Å². The number of phenolic OH excluding ortho intramolecular Hbond substituents is 1. The monoisotopic (exact) mass is 348 g/mol. The molecule has 1 amide bonds. The number of amides is 1. The molecule has 0 unspecified atom stereocenters. The Morgan fingerprint density at radius 1 is 1.25 bits per heavy atom. The van der Waals surface area contributed by atoms with E-state index in [0.29, 0.717) is 30.4 Å². The number of anilines is 1. The van der Waals surface area contributed by atoms with Crippen molar-refractivity contribution in [2.75, 3.05) is 36.8 Å². The molecule has 0 aliphatic carbocycles. The second kappa shape index (κ2) is 7.52. The minimum Gasteiger partial charge on any atom is -0.506 e. The molecule has 8 nitrogen and oxygen atoms in total. The Labute approximate surface area is 144 Å². The lowest BCUT2D eigenvalue weighted by Crippen LogP contribution is -2.48. The highest BCUT2D eigenvalue weighted by molar-refractivity contribution is 7.99. The lowest BCUT2D eigenvalue weighted by molar-refractivity contribution is -0.131. The minimum atomic E-state index is 0.148. The SMILES string of the molecule is Cn1nnnc1SCCC(=O)N1CCN(c2ccccc2O)CC1. The van der Waals surface area contributed by atoms with Crippen molar-refractivity contribution in [3.63, 3.8) is 0 Å². The van der Waals surface area contributed by atoms with Crippen LogP contribution in [0.3, 0.4) is 0 Å². The van der Waals surface area contributed by atoms with Crippen molar-refractivity contribution < 1.29 is 9.90 Å². The van der Waals surface area contributed by atoms with E-state index in [2.05, 4.69) is 20.4 Å². The topological polar surface area (TPSA) is 87.4 Å². The third kappa shape index (κ3) is 3.78. The predicted molar refractivity (Wildman–Crippen MR) is 91.0 cm³/mol. The van der Waals surface area contributed by atoms with Gasteiger partial charge in [-0.05, 0) is 22.6 Å². The van der Waals surface area contributed by atoms with Crippen LogP contribution >= 0.6 is 11.8 Å². The van der Waals surface area contributed by atoms with Crippen LogP contribution in [0, 0.1) is 0 Å². The Kier molecular flexibility index (Phi) is 5.19. The van der Waals surface area contributed by atoms with Crippen molar-refractivity contribution in [1.29, 1.82) is 0 Å². The van der Waals surface area contributed by atoms with E-state index in [0.717, 1.165) is 18.8 Å². The summed E-state index contributed by atoms with van der Waals surface area (Å²) in [7, 11) is 1.78. The Bertz CT molecular complexity index is 699. The average Bonchev–Trinajstić information content (AvgIpc) is 3.00. The van der Waals surface area contributed by atoms with Gasteiger partial charge in [-0.2, -0.15) is 0 Å². The molecule has 2 heterocycles. The zero-order chi connectivity index (χ0) is 16.9. The summed E-state index contributed by atoms with van der Waals surface area (Å²) in [6.07, 6.45) is 0.466. The quantitative estimate of drug-likeness (QED) is 0.798. The number of aryl methyl sites for hydroxylation is 1. The van der Waals surface area contributed by atoms with Crippen molar-refractivity contribution in [3.05, 3.63) is 24.3 Å². The molecule has 1 aliphatic rings. The average molecular weight is 348 g/mol. The van der Waals surface area contributed by atoms with E-state index in [1.54, 1.807) is 17.8 Å². The van der Waals surface area contributed by atoms with E-state index in [1.807, 2.05) is 23.1 Å².